The minimum absolute atomic E-state index is 0.0444. The molecule has 66 valence electrons. The van der Waals surface area contributed by atoms with Crippen molar-refractivity contribution in [1.29, 1.82) is 0 Å². The first-order chi connectivity index (χ1) is 5.84. The summed E-state index contributed by atoms with van der Waals surface area (Å²) in [6.07, 6.45) is 7.24. The van der Waals surface area contributed by atoms with E-state index >= 15 is 0 Å². The molecule has 0 spiro atoms. The van der Waals surface area contributed by atoms with Gasteiger partial charge in [0, 0.05) is 13.7 Å². The molecule has 3 nitrogen and oxygen atoms in total. The zero-order valence-corrected chi connectivity index (χ0v) is 7.04. The van der Waals surface area contributed by atoms with Crippen LogP contribution in [-0.2, 0) is 4.74 Å². The van der Waals surface area contributed by atoms with Gasteiger partial charge in [0.15, 0.2) is 0 Å². The molecule has 0 fully saturated rings. The molecule has 0 unspecified atom stereocenters. The fourth-order valence-corrected chi connectivity index (χ4v) is 0.894. The summed E-state index contributed by atoms with van der Waals surface area (Å²) in [5.41, 5.74) is 0.700. The molecule has 3 heteroatoms. The van der Waals surface area contributed by atoms with E-state index in [0.29, 0.717) is 18.7 Å². The summed E-state index contributed by atoms with van der Waals surface area (Å²) >= 11 is 0. The zero-order valence-electron chi connectivity index (χ0n) is 7.04. The minimum atomic E-state index is -0.0444. The van der Waals surface area contributed by atoms with Crippen LogP contribution in [0.3, 0.4) is 0 Å². The third-order valence-corrected chi connectivity index (χ3v) is 1.52. The molecule has 1 rings (SSSR count). The monoisotopic (exact) mass is 166 g/mol. The lowest BCUT2D eigenvalue weighted by molar-refractivity contribution is -0.312. The van der Waals surface area contributed by atoms with Gasteiger partial charge in [-0.1, -0.05) is 24.3 Å². The SMILES string of the molecule is COCCNC([O-])=C1C=CC=C1. The van der Waals surface area contributed by atoms with E-state index in [1.165, 1.54) is 0 Å². The highest BCUT2D eigenvalue weighted by atomic mass is 16.5. The Kier molecular flexibility index (Phi) is 3.41. The maximum absolute atomic E-state index is 11.2. The van der Waals surface area contributed by atoms with Crippen molar-refractivity contribution in [3.8, 4) is 0 Å². The molecule has 0 amide bonds. The molecule has 1 aliphatic carbocycles. The summed E-state index contributed by atoms with van der Waals surface area (Å²) in [6.45, 7) is 1.10. The summed E-state index contributed by atoms with van der Waals surface area (Å²) in [6, 6.07) is 0. The van der Waals surface area contributed by atoms with Gasteiger partial charge in [-0.25, -0.2) is 0 Å². The molecule has 0 aromatic heterocycles. The van der Waals surface area contributed by atoms with Gasteiger partial charge in [-0.15, -0.1) is 0 Å². The molecular weight excluding hydrogens is 154 g/mol. The van der Waals surface area contributed by atoms with Gasteiger partial charge >= 0.3 is 0 Å². The van der Waals surface area contributed by atoms with Crippen molar-refractivity contribution in [1.82, 2.24) is 5.32 Å². The van der Waals surface area contributed by atoms with E-state index in [-0.39, 0.29) is 5.88 Å². The van der Waals surface area contributed by atoms with Crippen LogP contribution in [0.15, 0.2) is 35.8 Å². The van der Waals surface area contributed by atoms with Crippen LogP contribution in [0.5, 0.6) is 0 Å². The molecule has 0 aliphatic heterocycles. The van der Waals surface area contributed by atoms with Crippen molar-refractivity contribution in [3.63, 3.8) is 0 Å². The van der Waals surface area contributed by atoms with Gasteiger partial charge in [0.25, 0.3) is 0 Å². The van der Waals surface area contributed by atoms with Gasteiger partial charge in [-0.2, -0.15) is 0 Å². The quantitative estimate of drug-likeness (QED) is 0.469. The Morgan fingerprint density at radius 1 is 1.50 bits per heavy atom. The number of nitrogens with one attached hydrogen (secondary N) is 1. The average molecular weight is 166 g/mol. The van der Waals surface area contributed by atoms with Crippen LogP contribution in [-0.4, -0.2) is 20.3 Å². The van der Waals surface area contributed by atoms with E-state index in [0.717, 1.165) is 0 Å². The van der Waals surface area contributed by atoms with Gasteiger partial charge in [0.2, 0.25) is 0 Å². The largest absolute Gasteiger partial charge is 0.860 e. The first kappa shape index (κ1) is 8.87. The predicted molar refractivity (Wildman–Crippen MR) is 45.2 cm³/mol. The lowest BCUT2D eigenvalue weighted by Gasteiger charge is -2.16. The molecule has 1 N–H and O–H groups in total. The number of hydrogen-bond donors (Lipinski definition) is 1. The van der Waals surface area contributed by atoms with Gasteiger partial charge in [0.1, 0.15) is 0 Å². The molecule has 0 bridgehead atoms. The average Bonchev–Trinajstić information content (AvgIpc) is 2.56. The standard InChI is InChI=1S/C9H13NO2/c1-12-7-6-10-9(11)8-4-2-3-5-8/h2-5,10-11H,6-7H2,1H3/p-1. The Morgan fingerprint density at radius 2 is 2.17 bits per heavy atom. The third-order valence-electron chi connectivity index (χ3n) is 1.52. The highest BCUT2D eigenvalue weighted by molar-refractivity contribution is 5.40. The van der Waals surface area contributed by atoms with Crippen LogP contribution in [0, 0.1) is 0 Å². The first-order valence-corrected chi connectivity index (χ1v) is 3.83. The number of methoxy groups -OCH3 is 1. The molecule has 0 heterocycles. The molecule has 1 aliphatic rings. The van der Waals surface area contributed by atoms with Crippen LogP contribution in [0.2, 0.25) is 0 Å². The van der Waals surface area contributed by atoms with E-state index < -0.39 is 0 Å². The van der Waals surface area contributed by atoms with Crippen LogP contribution in [0.4, 0.5) is 0 Å². The van der Waals surface area contributed by atoms with E-state index in [1.54, 1.807) is 19.3 Å². The van der Waals surface area contributed by atoms with Crippen molar-refractivity contribution < 1.29 is 9.84 Å². The topological polar surface area (TPSA) is 44.3 Å². The maximum atomic E-state index is 11.2. The molecule has 0 aromatic carbocycles. The highest BCUT2D eigenvalue weighted by Crippen LogP contribution is 2.07. The summed E-state index contributed by atoms with van der Waals surface area (Å²) in [4.78, 5) is 0. The normalized spacial score (nSPS) is 13.9. The van der Waals surface area contributed by atoms with Gasteiger partial charge in [-0.3, -0.25) is 0 Å². The van der Waals surface area contributed by atoms with Crippen LogP contribution in [0.1, 0.15) is 0 Å². The lowest BCUT2D eigenvalue weighted by atomic mass is 10.3. The Morgan fingerprint density at radius 3 is 2.75 bits per heavy atom. The third kappa shape index (κ3) is 2.43. The fraction of sp³-hybridized carbons (Fsp3) is 0.333. The van der Waals surface area contributed by atoms with Crippen molar-refractivity contribution in [2.45, 2.75) is 0 Å². The minimum Gasteiger partial charge on any atom is -0.860 e. The van der Waals surface area contributed by atoms with E-state index in [2.05, 4.69) is 5.32 Å². The first-order valence-electron chi connectivity index (χ1n) is 3.83. The van der Waals surface area contributed by atoms with Gasteiger partial charge in [0.05, 0.1) is 6.61 Å². The number of allylic oxidation sites excluding steroid dienone is 5. The van der Waals surface area contributed by atoms with Gasteiger partial charge in [-0.05, 0) is 11.5 Å². The molecule has 0 saturated carbocycles. The molecule has 0 saturated heterocycles. The molecule has 0 atom stereocenters. The predicted octanol–water partition coefficient (Wildman–Crippen LogP) is -0.0797. The Bertz CT molecular complexity index is 215. The van der Waals surface area contributed by atoms with Crippen LogP contribution >= 0.6 is 0 Å². The Labute approximate surface area is 72.0 Å². The summed E-state index contributed by atoms with van der Waals surface area (Å²) < 4.78 is 4.79. The lowest BCUT2D eigenvalue weighted by Crippen LogP contribution is -2.27. The van der Waals surface area contributed by atoms with Crippen molar-refractivity contribution in [3.05, 3.63) is 35.8 Å². The molecular formula is C9H12NO2-. The van der Waals surface area contributed by atoms with Crippen molar-refractivity contribution >= 4 is 0 Å². The van der Waals surface area contributed by atoms with Crippen LogP contribution < -0.4 is 10.4 Å². The molecule has 0 radical (unpaired) electrons. The van der Waals surface area contributed by atoms with E-state index in [9.17, 15) is 5.11 Å². The maximum Gasteiger partial charge on any atom is 0.0634 e. The van der Waals surface area contributed by atoms with E-state index in [1.807, 2.05) is 12.2 Å². The highest BCUT2D eigenvalue weighted by Gasteiger charge is 1.92. The van der Waals surface area contributed by atoms with E-state index in [4.69, 9.17) is 4.74 Å². The zero-order chi connectivity index (χ0) is 8.81. The summed E-state index contributed by atoms with van der Waals surface area (Å²) in [5, 5.41) is 13.9. The number of hydrogen-bond acceptors (Lipinski definition) is 3. The fourth-order valence-electron chi connectivity index (χ4n) is 0.894. The van der Waals surface area contributed by atoms with Crippen molar-refractivity contribution in [2.75, 3.05) is 20.3 Å². The number of ether oxygens (including phenoxy) is 1. The Hall–Kier alpha value is -1.22. The second-order valence-corrected chi connectivity index (χ2v) is 2.42. The summed E-state index contributed by atoms with van der Waals surface area (Å²) in [7, 11) is 1.61. The van der Waals surface area contributed by atoms with Gasteiger partial charge < -0.3 is 15.2 Å². The molecule has 12 heavy (non-hydrogen) atoms. The molecule has 0 aromatic rings. The van der Waals surface area contributed by atoms with Crippen molar-refractivity contribution in [2.24, 2.45) is 0 Å². The van der Waals surface area contributed by atoms with Crippen LogP contribution in [0.25, 0.3) is 0 Å². The smallest absolute Gasteiger partial charge is 0.0634 e. The second-order valence-electron chi connectivity index (χ2n) is 2.42. The summed E-state index contributed by atoms with van der Waals surface area (Å²) in [5.74, 6) is -0.0444. The second kappa shape index (κ2) is 4.62. The Balaban J connectivity index is 2.36. The number of rotatable bonds is 4.